The summed E-state index contributed by atoms with van der Waals surface area (Å²) in [5, 5.41) is 32.5. The number of cyclic esters (lactones) is 1. The van der Waals surface area contributed by atoms with Gasteiger partial charge in [0.1, 0.15) is 18.1 Å². The van der Waals surface area contributed by atoms with Crippen molar-refractivity contribution in [2.45, 2.75) is 50.1 Å². The molecule has 0 aromatic heterocycles. The van der Waals surface area contributed by atoms with Crippen molar-refractivity contribution in [3.63, 3.8) is 0 Å². The summed E-state index contributed by atoms with van der Waals surface area (Å²) in [6.45, 7) is 3.02. The monoisotopic (exact) mass is 298 g/mol. The van der Waals surface area contributed by atoms with Gasteiger partial charge >= 0.3 is 11.9 Å². The molecule has 2 bridgehead atoms. The number of aliphatic hydroxyl groups is 3. The van der Waals surface area contributed by atoms with Crippen LogP contribution in [0.4, 0.5) is 0 Å². The molecule has 2 saturated carbocycles. The lowest BCUT2D eigenvalue weighted by atomic mass is 9.47. The maximum absolute atomic E-state index is 12.5. The number of hydrogen-bond acceptors (Lipinski definition) is 7. The molecule has 0 amide bonds. The van der Waals surface area contributed by atoms with Crippen molar-refractivity contribution in [1.29, 1.82) is 0 Å². The topological polar surface area (TPSA) is 113 Å². The number of rotatable bonds is 0. The highest BCUT2D eigenvalue weighted by molar-refractivity contribution is 5.91. The maximum Gasteiger partial charge on any atom is 0.342 e. The number of carbonyl (C=O) groups is 2. The smallest absolute Gasteiger partial charge is 0.342 e. The van der Waals surface area contributed by atoms with Crippen LogP contribution in [0.25, 0.3) is 0 Å². The van der Waals surface area contributed by atoms with Gasteiger partial charge in [-0.15, -0.1) is 0 Å². The highest BCUT2D eigenvalue weighted by Gasteiger charge is 2.88. The van der Waals surface area contributed by atoms with Crippen LogP contribution in [0.2, 0.25) is 0 Å². The van der Waals surface area contributed by atoms with Gasteiger partial charge in [-0.3, -0.25) is 4.79 Å². The minimum Gasteiger partial charge on any atom is -0.463 e. The molecular formula is C14H18O7. The summed E-state index contributed by atoms with van der Waals surface area (Å²) in [4.78, 5) is 24.6. The van der Waals surface area contributed by atoms with Gasteiger partial charge in [0.2, 0.25) is 5.60 Å². The standard InChI is InChI=1S/C14H18O7/c1-6-7(15)3-13(18)11(2)5-20-10(17)14(11,19)8-4-12(6,13)9(16)21-8/h6-8,15,18-19H,3-5H2,1-2H3/t6-,7-,8-,11+,12+,13+,14-/m1/s1. The molecule has 7 atom stereocenters. The van der Waals surface area contributed by atoms with Crippen molar-refractivity contribution in [3.8, 4) is 0 Å². The predicted molar refractivity (Wildman–Crippen MR) is 65.7 cm³/mol. The lowest BCUT2D eigenvalue weighted by molar-refractivity contribution is -0.240. The summed E-state index contributed by atoms with van der Waals surface area (Å²) < 4.78 is 10.3. The molecule has 21 heavy (non-hydrogen) atoms. The fourth-order valence-electron chi connectivity index (χ4n) is 5.26. The first-order valence-electron chi connectivity index (χ1n) is 7.16. The number of carbonyl (C=O) groups excluding carboxylic acids is 2. The molecule has 0 aromatic carbocycles. The van der Waals surface area contributed by atoms with Gasteiger partial charge in [0.05, 0.1) is 17.1 Å². The van der Waals surface area contributed by atoms with Crippen LogP contribution >= 0.6 is 0 Å². The van der Waals surface area contributed by atoms with E-state index in [0.29, 0.717) is 0 Å². The molecule has 7 nitrogen and oxygen atoms in total. The van der Waals surface area contributed by atoms with Crippen molar-refractivity contribution >= 4 is 11.9 Å². The Morgan fingerprint density at radius 2 is 1.86 bits per heavy atom. The van der Waals surface area contributed by atoms with E-state index in [4.69, 9.17) is 9.47 Å². The van der Waals surface area contributed by atoms with Crippen LogP contribution in [0, 0.1) is 16.7 Å². The van der Waals surface area contributed by atoms with Crippen molar-refractivity contribution < 1.29 is 34.4 Å². The Balaban J connectivity index is 2.02. The van der Waals surface area contributed by atoms with E-state index in [9.17, 15) is 24.9 Å². The van der Waals surface area contributed by atoms with Gasteiger partial charge in [0, 0.05) is 18.8 Å². The predicted octanol–water partition coefficient (Wildman–Crippen LogP) is -1.27. The van der Waals surface area contributed by atoms with E-state index in [1.54, 1.807) is 6.92 Å². The average molecular weight is 298 g/mol. The van der Waals surface area contributed by atoms with E-state index in [0.717, 1.165) is 0 Å². The highest BCUT2D eigenvalue weighted by atomic mass is 16.6. The Labute approximate surface area is 120 Å². The molecule has 2 heterocycles. The zero-order valence-corrected chi connectivity index (χ0v) is 11.8. The van der Waals surface area contributed by atoms with Gasteiger partial charge in [-0.05, 0) is 6.92 Å². The van der Waals surface area contributed by atoms with Gasteiger partial charge in [0.15, 0.2) is 0 Å². The fourth-order valence-corrected chi connectivity index (χ4v) is 5.26. The van der Waals surface area contributed by atoms with Crippen molar-refractivity contribution in [3.05, 3.63) is 0 Å². The minimum absolute atomic E-state index is 0.0156. The van der Waals surface area contributed by atoms with E-state index < -0.39 is 52.1 Å². The molecule has 2 aliphatic heterocycles. The average Bonchev–Trinajstić information content (AvgIpc) is 2.95. The van der Waals surface area contributed by atoms with Crippen molar-refractivity contribution in [2.24, 2.45) is 16.7 Å². The molecule has 2 saturated heterocycles. The third-order valence-corrected chi connectivity index (χ3v) is 6.74. The van der Waals surface area contributed by atoms with Gasteiger partial charge in [-0.25, -0.2) is 4.79 Å². The second kappa shape index (κ2) is 3.26. The quantitative estimate of drug-likeness (QED) is 0.478. The molecule has 4 fully saturated rings. The summed E-state index contributed by atoms with van der Waals surface area (Å²) in [5.41, 5.74) is -6.50. The molecule has 4 rings (SSSR count). The summed E-state index contributed by atoms with van der Waals surface area (Å²) in [5.74, 6) is -2.03. The zero-order valence-electron chi connectivity index (χ0n) is 11.8. The van der Waals surface area contributed by atoms with E-state index in [-0.39, 0.29) is 19.4 Å². The second-order valence-electron chi connectivity index (χ2n) is 7.16. The third kappa shape index (κ3) is 0.977. The third-order valence-electron chi connectivity index (χ3n) is 6.74. The Bertz CT molecular complexity index is 576. The van der Waals surface area contributed by atoms with Crippen LogP contribution in [-0.2, 0) is 19.1 Å². The number of fused-ring (bicyclic) bond motifs is 4. The normalized spacial score (nSPS) is 61.3. The van der Waals surface area contributed by atoms with E-state index >= 15 is 0 Å². The first-order valence-corrected chi connectivity index (χ1v) is 7.16. The van der Waals surface area contributed by atoms with Crippen LogP contribution in [-0.4, -0.2) is 57.3 Å². The van der Waals surface area contributed by atoms with Gasteiger partial charge < -0.3 is 24.8 Å². The highest BCUT2D eigenvalue weighted by Crippen LogP contribution is 2.72. The van der Waals surface area contributed by atoms with Crippen LogP contribution in [0.1, 0.15) is 26.7 Å². The lowest BCUT2D eigenvalue weighted by Crippen LogP contribution is -2.73. The van der Waals surface area contributed by atoms with Crippen LogP contribution in [0.3, 0.4) is 0 Å². The molecule has 1 spiro atoms. The number of esters is 2. The van der Waals surface area contributed by atoms with Gasteiger partial charge in [0.25, 0.3) is 0 Å². The lowest BCUT2D eigenvalue weighted by Gasteiger charge is -2.55. The minimum atomic E-state index is -2.07. The summed E-state index contributed by atoms with van der Waals surface area (Å²) >= 11 is 0. The molecule has 3 N–H and O–H groups in total. The Kier molecular flexibility index (Phi) is 2.09. The summed E-state index contributed by atoms with van der Waals surface area (Å²) in [6, 6.07) is 0. The van der Waals surface area contributed by atoms with Gasteiger partial charge in [-0.2, -0.15) is 0 Å². The number of aliphatic hydroxyl groups excluding tert-OH is 1. The van der Waals surface area contributed by atoms with E-state index in [1.807, 2.05) is 0 Å². The number of ether oxygens (including phenoxy) is 2. The molecule has 0 radical (unpaired) electrons. The largest absolute Gasteiger partial charge is 0.463 e. The molecule has 7 heteroatoms. The fraction of sp³-hybridized carbons (Fsp3) is 0.857. The SMILES string of the molecule is C[C@@H]1[C@H](O)C[C@]2(O)[C@]3(C)COC(=O)[C@]3(O)[C@H]3C[C@@]12C(=O)O3. The van der Waals surface area contributed by atoms with Crippen molar-refractivity contribution in [2.75, 3.05) is 6.61 Å². The zero-order chi connectivity index (χ0) is 15.4. The van der Waals surface area contributed by atoms with Gasteiger partial charge in [-0.1, -0.05) is 6.92 Å². The summed E-state index contributed by atoms with van der Waals surface area (Å²) in [7, 11) is 0. The molecular weight excluding hydrogens is 280 g/mol. The molecule has 2 aliphatic carbocycles. The molecule has 4 aliphatic rings. The number of hydrogen-bond donors (Lipinski definition) is 3. The second-order valence-corrected chi connectivity index (χ2v) is 7.16. The van der Waals surface area contributed by atoms with E-state index in [2.05, 4.69) is 0 Å². The van der Waals surface area contributed by atoms with Crippen LogP contribution in [0.15, 0.2) is 0 Å². The maximum atomic E-state index is 12.5. The molecule has 116 valence electrons. The Morgan fingerprint density at radius 1 is 1.19 bits per heavy atom. The Morgan fingerprint density at radius 3 is 2.52 bits per heavy atom. The first-order chi connectivity index (χ1) is 9.65. The molecule has 0 aromatic rings. The van der Waals surface area contributed by atoms with Crippen LogP contribution in [0.5, 0.6) is 0 Å². The first kappa shape index (κ1) is 13.5. The van der Waals surface area contributed by atoms with Crippen LogP contribution < -0.4 is 0 Å². The molecule has 0 unspecified atom stereocenters. The van der Waals surface area contributed by atoms with E-state index in [1.165, 1.54) is 6.92 Å². The van der Waals surface area contributed by atoms with Crippen molar-refractivity contribution in [1.82, 2.24) is 0 Å². The Hall–Kier alpha value is -1.18. The summed E-state index contributed by atoms with van der Waals surface area (Å²) in [6.07, 6.45) is -2.03.